The molecule has 0 amide bonds. The van der Waals surface area contributed by atoms with Crippen LogP contribution in [0.5, 0.6) is 0 Å². The van der Waals surface area contributed by atoms with E-state index in [9.17, 15) is 8.42 Å². The van der Waals surface area contributed by atoms with E-state index in [1.165, 1.54) is 11.8 Å². The van der Waals surface area contributed by atoms with E-state index in [0.29, 0.717) is 11.0 Å². The number of aromatic nitrogens is 3. The highest BCUT2D eigenvalue weighted by Gasteiger charge is 2.09. The van der Waals surface area contributed by atoms with Gasteiger partial charge in [0.25, 0.3) is 5.22 Å². The summed E-state index contributed by atoms with van der Waals surface area (Å²) < 4.78 is 29.4. The first-order chi connectivity index (χ1) is 9.03. The highest BCUT2D eigenvalue weighted by Crippen LogP contribution is 2.20. The van der Waals surface area contributed by atoms with Crippen molar-refractivity contribution in [3.05, 3.63) is 36.0 Å². The van der Waals surface area contributed by atoms with E-state index in [4.69, 9.17) is 4.42 Å². The van der Waals surface area contributed by atoms with Gasteiger partial charge in [0.05, 0.1) is 12.8 Å². The van der Waals surface area contributed by atoms with Crippen LogP contribution < -0.4 is 4.72 Å². The third-order valence-electron chi connectivity index (χ3n) is 2.02. The Balaban J connectivity index is 1.87. The SMILES string of the molecule is CS(=O)(=O)NCc1nnc(SCc2cccnc2)o1. The molecule has 9 heteroatoms. The minimum absolute atomic E-state index is 0.000708. The molecule has 0 saturated carbocycles. The molecule has 2 heterocycles. The number of pyridine rings is 1. The standard InChI is InChI=1S/C10H12N4O3S2/c1-19(15,16)12-6-9-13-14-10(17-9)18-7-8-3-2-4-11-5-8/h2-5,12H,6-7H2,1H3. The first kappa shape index (κ1) is 14.0. The quantitative estimate of drug-likeness (QED) is 0.788. The van der Waals surface area contributed by atoms with E-state index in [1.54, 1.807) is 12.4 Å². The molecule has 19 heavy (non-hydrogen) atoms. The summed E-state index contributed by atoms with van der Waals surface area (Å²) in [5, 5.41) is 7.97. The summed E-state index contributed by atoms with van der Waals surface area (Å²) >= 11 is 1.37. The Hall–Kier alpha value is -1.45. The van der Waals surface area contributed by atoms with Crippen LogP contribution in [0.3, 0.4) is 0 Å². The van der Waals surface area contributed by atoms with Crippen molar-refractivity contribution < 1.29 is 12.8 Å². The molecule has 0 aromatic carbocycles. The fraction of sp³-hybridized carbons (Fsp3) is 0.300. The number of hydrogen-bond donors (Lipinski definition) is 1. The van der Waals surface area contributed by atoms with E-state index >= 15 is 0 Å². The second-order valence-electron chi connectivity index (χ2n) is 3.70. The summed E-state index contributed by atoms with van der Waals surface area (Å²) in [4.78, 5) is 4.00. The Morgan fingerprint density at radius 2 is 2.26 bits per heavy atom. The number of nitrogens with one attached hydrogen (secondary N) is 1. The van der Waals surface area contributed by atoms with Gasteiger partial charge in [-0.2, -0.15) is 0 Å². The number of rotatable bonds is 6. The average Bonchev–Trinajstić information content (AvgIpc) is 2.82. The maximum atomic E-state index is 10.9. The molecule has 0 atom stereocenters. The molecule has 0 saturated heterocycles. The van der Waals surface area contributed by atoms with Gasteiger partial charge in [-0.25, -0.2) is 13.1 Å². The van der Waals surface area contributed by atoms with Gasteiger partial charge in [0, 0.05) is 18.1 Å². The van der Waals surface area contributed by atoms with Crippen LogP contribution in [0.25, 0.3) is 0 Å². The smallest absolute Gasteiger partial charge is 0.276 e. The Morgan fingerprint density at radius 3 is 2.95 bits per heavy atom. The van der Waals surface area contributed by atoms with E-state index in [1.807, 2.05) is 12.1 Å². The fourth-order valence-corrected chi connectivity index (χ4v) is 2.29. The number of sulfonamides is 1. The van der Waals surface area contributed by atoms with E-state index in [0.717, 1.165) is 11.8 Å². The lowest BCUT2D eigenvalue weighted by Gasteiger charge is -1.97. The van der Waals surface area contributed by atoms with Crippen molar-refractivity contribution in [3.63, 3.8) is 0 Å². The molecule has 2 aromatic heterocycles. The van der Waals surface area contributed by atoms with Crippen LogP contribution in [-0.2, 0) is 22.3 Å². The lowest BCUT2D eigenvalue weighted by Crippen LogP contribution is -2.21. The van der Waals surface area contributed by atoms with Crippen molar-refractivity contribution in [2.75, 3.05) is 6.26 Å². The molecule has 0 bridgehead atoms. The zero-order chi connectivity index (χ0) is 13.7. The van der Waals surface area contributed by atoms with Crippen LogP contribution in [-0.4, -0.2) is 29.9 Å². The van der Waals surface area contributed by atoms with Gasteiger partial charge in [-0.15, -0.1) is 10.2 Å². The monoisotopic (exact) mass is 300 g/mol. The predicted octanol–water partition coefficient (Wildman–Crippen LogP) is 0.806. The van der Waals surface area contributed by atoms with Gasteiger partial charge in [0.15, 0.2) is 0 Å². The van der Waals surface area contributed by atoms with Crippen LogP contribution in [0.4, 0.5) is 0 Å². The number of hydrogen-bond acceptors (Lipinski definition) is 7. The Bertz CT molecular complexity index is 627. The molecule has 102 valence electrons. The summed E-state index contributed by atoms with van der Waals surface area (Å²) in [6.45, 7) is -0.000708. The van der Waals surface area contributed by atoms with Gasteiger partial charge in [0.2, 0.25) is 15.9 Å². The molecule has 0 aliphatic rings. The van der Waals surface area contributed by atoms with Crippen LogP contribution in [0, 0.1) is 0 Å². The first-order valence-electron chi connectivity index (χ1n) is 5.32. The molecule has 0 spiro atoms. The number of thioether (sulfide) groups is 1. The van der Waals surface area contributed by atoms with Crippen LogP contribution >= 0.6 is 11.8 Å². The lowest BCUT2D eigenvalue weighted by molar-refractivity contribution is 0.409. The van der Waals surface area contributed by atoms with Crippen molar-refractivity contribution in [2.24, 2.45) is 0 Å². The summed E-state index contributed by atoms with van der Waals surface area (Å²) in [5.41, 5.74) is 1.04. The van der Waals surface area contributed by atoms with Gasteiger partial charge >= 0.3 is 0 Å². The fourth-order valence-electron chi connectivity index (χ4n) is 1.19. The van der Waals surface area contributed by atoms with Crippen molar-refractivity contribution in [1.82, 2.24) is 19.9 Å². The highest BCUT2D eigenvalue weighted by molar-refractivity contribution is 7.98. The molecule has 2 rings (SSSR count). The maximum absolute atomic E-state index is 10.9. The summed E-state index contributed by atoms with van der Waals surface area (Å²) in [7, 11) is -3.26. The summed E-state index contributed by atoms with van der Waals surface area (Å²) in [6.07, 6.45) is 4.53. The molecule has 0 unspecified atom stereocenters. The Labute approximate surface area is 114 Å². The highest BCUT2D eigenvalue weighted by atomic mass is 32.2. The molecular formula is C10H12N4O3S2. The van der Waals surface area contributed by atoms with Crippen LogP contribution in [0.2, 0.25) is 0 Å². The summed E-state index contributed by atoms with van der Waals surface area (Å²) in [5.74, 6) is 0.897. The van der Waals surface area contributed by atoms with Gasteiger partial charge in [-0.1, -0.05) is 17.8 Å². The lowest BCUT2D eigenvalue weighted by atomic mass is 10.3. The molecule has 1 N–H and O–H groups in total. The largest absolute Gasteiger partial charge is 0.414 e. The maximum Gasteiger partial charge on any atom is 0.276 e. The van der Waals surface area contributed by atoms with Crippen molar-refractivity contribution in [2.45, 2.75) is 17.5 Å². The van der Waals surface area contributed by atoms with Gasteiger partial charge in [-0.3, -0.25) is 4.98 Å². The zero-order valence-electron chi connectivity index (χ0n) is 10.1. The molecule has 0 aliphatic heterocycles. The molecule has 2 aromatic rings. The average molecular weight is 300 g/mol. The third-order valence-corrected chi connectivity index (χ3v) is 3.58. The first-order valence-corrected chi connectivity index (χ1v) is 8.19. The normalized spacial score (nSPS) is 11.6. The van der Waals surface area contributed by atoms with Gasteiger partial charge in [0.1, 0.15) is 0 Å². The van der Waals surface area contributed by atoms with Crippen molar-refractivity contribution in [3.8, 4) is 0 Å². The molecule has 0 aliphatic carbocycles. The Kier molecular flexibility index (Phi) is 4.51. The van der Waals surface area contributed by atoms with Gasteiger partial charge in [-0.05, 0) is 11.6 Å². The summed E-state index contributed by atoms with van der Waals surface area (Å²) in [6, 6.07) is 3.80. The zero-order valence-corrected chi connectivity index (χ0v) is 11.7. The second kappa shape index (κ2) is 6.13. The number of nitrogens with zero attached hydrogens (tertiary/aromatic N) is 3. The van der Waals surface area contributed by atoms with E-state index in [-0.39, 0.29) is 12.4 Å². The Morgan fingerprint density at radius 1 is 1.42 bits per heavy atom. The molecule has 7 nitrogen and oxygen atoms in total. The molecular weight excluding hydrogens is 288 g/mol. The van der Waals surface area contributed by atoms with E-state index < -0.39 is 10.0 Å². The minimum atomic E-state index is -3.26. The molecule has 0 radical (unpaired) electrons. The topological polar surface area (TPSA) is 98.0 Å². The molecule has 0 fully saturated rings. The minimum Gasteiger partial charge on any atom is -0.414 e. The van der Waals surface area contributed by atoms with Gasteiger partial charge < -0.3 is 4.42 Å². The van der Waals surface area contributed by atoms with Crippen molar-refractivity contribution in [1.29, 1.82) is 0 Å². The third kappa shape index (κ3) is 4.97. The second-order valence-corrected chi connectivity index (χ2v) is 6.46. The van der Waals surface area contributed by atoms with Crippen molar-refractivity contribution >= 4 is 21.8 Å². The predicted molar refractivity (Wildman–Crippen MR) is 69.8 cm³/mol. The van der Waals surface area contributed by atoms with Crippen LogP contribution in [0.15, 0.2) is 34.2 Å². The van der Waals surface area contributed by atoms with Crippen LogP contribution in [0.1, 0.15) is 11.5 Å². The van der Waals surface area contributed by atoms with E-state index in [2.05, 4.69) is 19.9 Å².